The van der Waals surface area contributed by atoms with Gasteiger partial charge in [0.15, 0.2) is 0 Å². The molecule has 2 aromatic carbocycles. The predicted octanol–water partition coefficient (Wildman–Crippen LogP) is 3.86. The zero-order chi connectivity index (χ0) is 23.1. The molecule has 1 unspecified atom stereocenters. The number of ether oxygens (including phenoxy) is 3. The van der Waals surface area contributed by atoms with Crippen LogP contribution in [0.1, 0.15) is 17.5 Å². The maximum absolute atomic E-state index is 13.1. The molecule has 7 nitrogen and oxygen atoms in total. The molecular formula is C23H25BrClN3O4. The summed E-state index contributed by atoms with van der Waals surface area (Å²) in [6, 6.07) is 10.7. The van der Waals surface area contributed by atoms with Gasteiger partial charge in [0.25, 0.3) is 5.91 Å². The van der Waals surface area contributed by atoms with Crippen LogP contribution in [-0.2, 0) is 16.1 Å². The molecule has 1 aliphatic heterocycles. The number of rotatable bonds is 8. The SMILES string of the molecule is COc1ccc(CNC(=O)/C(=C/N)C(=NC2CCOC2)c2ccc(Br)cc2Cl)c(OC)c1. The minimum atomic E-state index is -0.373. The van der Waals surface area contributed by atoms with Crippen LogP contribution in [0, 0.1) is 0 Å². The second-order valence-corrected chi connectivity index (χ2v) is 8.38. The summed E-state index contributed by atoms with van der Waals surface area (Å²) in [6.45, 7) is 1.35. The normalized spacial score (nSPS) is 16.7. The van der Waals surface area contributed by atoms with Crippen LogP contribution in [0.3, 0.4) is 0 Å². The van der Waals surface area contributed by atoms with E-state index >= 15 is 0 Å². The second-order valence-electron chi connectivity index (χ2n) is 7.06. The molecule has 9 heteroatoms. The quantitative estimate of drug-likeness (QED) is 0.406. The number of aliphatic imine (C=N–C) groups is 1. The molecule has 0 aromatic heterocycles. The fraction of sp³-hybridized carbons (Fsp3) is 0.304. The van der Waals surface area contributed by atoms with Crippen LogP contribution in [0.15, 0.2) is 57.6 Å². The first-order valence-electron chi connectivity index (χ1n) is 9.99. The van der Waals surface area contributed by atoms with Crippen molar-refractivity contribution in [1.29, 1.82) is 0 Å². The van der Waals surface area contributed by atoms with Gasteiger partial charge < -0.3 is 25.3 Å². The highest BCUT2D eigenvalue weighted by molar-refractivity contribution is 9.10. The monoisotopic (exact) mass is 521 g/mol. The van der Waals surface area contributed by atoms with Crippen molar-refractivity contribution >= 4 is 39.1 Å². The number of carbonyl (C=O) groups is 1. The van der Waals surface area contributed by atoms with E-state index in [4.69, 9.17) is 36.5 Å². The Labute approximate surface area is 200 Å². The first-order chi connectivity index (χ1) is 15.5. The molecule has 3 rings (SSSR count). The van der Waals surface area contributed by atoms with E-state index in [2.05, 4.69) is 21.2 Å². The number of carbonyl (C=O) groups excluding carboxylic acids is 1. The number of hydrogen-bond donors (Lipinski definition) is 2. The number of methoxy groups -OCH3 is 2. The Hall–Kier alpha value is -2.55. The van der Waals surface area contributed by atoms with Crippen LogP contribution >= 0.6 is 27.5 Å². The molecule has 170 valence electrons. The Bertz CT molecular complexity index is 1040. The first-order valence-corrected chi connectivity index (χ1v) is 11.2. The molecular weight excluding hydrogens is 498 g/mol. The average molecular weight is 523 g/mol. The summed E-state index contributed by atoms with van der Waals surface area (Å²) in [5.41, 5.74) is 7.98. The van der Waals surface area contributed by atoms with Gasteiger partial charge >= 0.3 is 0 Å². The molecule has 1 fully saturated rings. The van der Waals surface area contributed by atoms with Crippen LogP contribution in [0.5, 0.6) is 11.5 Å². The van der Waals surface area contributed by atoms with Crippen LogP contribution in [0.2, 0.25) is 5.02 Å². The van der Waals surface area contributed by atoms with E-state index in [0.29, 0.717) is 41.0 Å². The van der Waals surface area contributed by atoms with Gasteiger partial charge in [-0.3, -0.25) is 9.79 Å². The molecule has 0 bridgehead atoms. The molecule has 3 N–H and O–H groups in total. The smallest absolute Gasteiger partial charge is 0.255 e. The number of amides is 1. The molecule has 0 saturated carbocycles. The Morgan fingerprint density at radius 1 is 1.31 bits per heavy atom. The molecule has 1 saturated heterocycles. The number of benzene rings is 2. The van der Waals surface area contributed by atoms with Crippen LogP contribution in [-0.4, -0.2) is 45.1 Å². The first kappa shape index (κ1) is 24.1. The highest BCUT2D eigenvalue weighted by Gasteiger charge is 2.23. The minimum absolute atomic E-state index is 0.0749. The molecule has 0 aliphatic carbocycles. The van der Waals surface area contributed by atoms with Crippen molar-refractivity contribution in [2.75, 3.05) is 27.4 Å². The molecule has 1 amide bonds. The topological polar surface area (TPSA) is 95.2 Å². The van der Waals surface area contributed by atoms with Crippen molar-refractivity contribution < 1.29 is 19.0 Å². The summed E-state index contributed by atoms with van der Waals surface area (Å²) in [5, 5.41) is 3.35. The summed E-state index contributed by atoms with van der Waals surface area (Å²) >= 11 is 9.89. The summed E-state index contributed by atoms with van der Waals surface area (Å²) in [5.74, 6) is 0.899. The van der Waals surface area contributed by atoms with E-state index in [0.717, 1.165) is 16.5 Å². The maximum atomic E-state index is 13.1. The van der Waals surface area contributed by atoms with Gasteiger partial charge in [0.1, 0.15) is 11.5 Å². The van der Waals surface area contributed by atoms with Gasteiger partial charge in [-0.1, -0.05) is 33.6 Å². The van der Waals surface area contributed by atoms with Crippen molar-refractivity contribution in [3.63, 3.8) is 0 Å². The van der Waals surface area contributed by atoms with Crippen LogP contribution in [0.4, 0.5) is 0 Å². The van der Waals surface area contributed by atoms with E-state index in [1.165, 1.54) is 6.20 Å². The number of nitrogens with two attached hydrogens (primary N) is 1. The van der Waals surface area contributed by atoms with Gasteiger partial charge in [0.05, 0.1) is 43.2 Å². The third-order valence-electron chi connectivity index (χ3n) is 5.00. The highest BCUT2D eigenvalue weighted by atomic mass is 79.9. The van der Waals surface area contributed by atoms with Crippen molar-refractivity contribution in [2.45, 2.75) is 19.0 Å². The highest BCUT2D eigenvalue weighted by Crippen LogP contribution is 2.27. The van der Waals surface area contributed by atoms with Crippen LogP contribution in [0.25, 0.3) is 0 Å². The number of hydrogen-bond acceptors (Lipinski definition) is 6. The van der Waals surface area contributed by atoms with E-state index in [-0.39, 0.29) is 24.1 Å². The molecule has 32 heavy (non-hydrogen) atoms. The lowest BCUT2D eigenvalue weighted by atomic mass is 10.0. The van der Waals surface area contributed by atoms with E-state index in [1.54, 1.807) is 32.4 Å². The number of halogens is 2. The standard InChI is InChI=1S/C23H25BrClN3O4/c1-30-17-5-3-14(21(10-17)31-2)12-27-23(29)19(11-26)22(28-16-7-8-32-13-16)18-6-4-15(24)9-20(18)25/h3-6,9-11,16H,7-8,12-13,26H2,1-2H3,(H,27,29)/b19-11+,28-22?. The summed E-state index contributed by atoms with van der Waals surface area (Å²) in [7, 11) is 3.15. The third-order valence-corrected chi connectivity index (χ3v) is 5.81. The van der Waals surface area contributed by atoms with Gasteiger partial charge in [-0.25, -0.2) is 0 Å². The fourth-order valence-corrected chi connectivity index (χ4v) is 4.07. The summed E-state index contributed by atoms with van der Waals surface area (Å²) in [4.78, 5) is 17.9. The van der Waals surface area contributed by atoms with Gasteiger partial charge in [-0.2, -0.15) is 0 Å². The van der Waals surface area contributed by atoms with Crippen molar-refractivity contribution in [1.82, 2.24) is 5.32 Å². The average Bonchev–Trinajstić information content (AvgIpc) is 3.30. The summed E-state index contributed by atoms with van der Waals surface area (Å²) < 4.78 is 16.9. The van der Waals surface area contributed by atoms with E-state index in [1.807, 2.05) is 18.2 Å². The molecule has 1 heterocycles. The Kier molecular flexibility index (Phi) is 8.55. The lowest BCUT2D eigenvalue weighted by molar-refractivity contribution is -0.117. The Balaban J connectivity index is 1.87. The van der Waals surface area contributed by atoms with Gasteiger partial charge in [-0.15, -0.1) is 0 Å². The second kappa shape index (κ2) is 11.4. The molecule has 1 aliphatic rings. The minimum Gasteiger partial charge on any atom is -0.497 e. The van der Waals surface area contributed by atoms with E-state index in [9.17, 15) is 4.79 Å². The van der Waals surface area contributed by atoms with Gasteiger partial charge in [0, 0.05) is 41.0 Å². The zero-order valence-electron chi connectivity index (χ0n) is 17.9. The molecule has 1 atom stereocenters. The fourth-order valence-electron chi connectivity index (χ4n) is 3.30. The van der Waals surface area contributed by atoms with Gasteiger partial charge in [0.2, 0.25) is 0 Å². The van der Waals surface area contributed by atoms with E-state index < -0.39 is 0 Å². The number of nitrogens with one attached hydrogen (secondary N) is 1. The lowest BCUT2D eigenvalue weighted by Crippen LogP contribution is -2.30. The molecule has 2 aromatic rings. The van der Waals surface area contributed by atoms with Crippen molar-refractivity contribution in [3.8, 4) is 11.5 Å². The zero-order valence-corrected chi connectivity index (χ0v) is 20.2. The predicted molar refractivity (Wildman–Crippen MR) is 129 cm³/mol. The lowest BCUT2D eigenvalue weighted by Gasteiger charge is -2.16. The maximum Gasteiger partial charge on any atom is 0.255 e. The number of nitrogens with zero attached hydrogens (tertiary/aromatic N) is 1. The van der Waals surface area contributed by atoms with Gasteiger partial charge in [-0.05, 0) is 30.7 Å². The van der Waals surface area contributed by atoms with Crippen LogP contribution < -0.4 is 20.5 Å². The Morgan fingerprint density at radius 3 is 2.75 bits per heavy atom. The largest absolute Gasteiger partial charge is 0.497 e. The van der Waals surface area contributed by atoms with Crippen molar-refractivity contribution in [3.05, 3.63) is 68.8 Å². The molecule has 0 radical (unpaired) electrons. The summed E-state index contributed by atoms with van der Waals surface area (Å²) in [6.07, 6.45) is 2.02. The Morgan fingerprint density at radius 2 is 2.12 bits per heavy atom. The third kappa shape index (κ3) is 5.82. The van der Waals surface area contributed by atoms with Crippen molar-refractivity contribution in [2.24, 2.45) is 10.7 Å². The molecule has 0 spiro atoms.